The van der Waals surface area contributed by atoms with Crippen molar-refractivity contribution in [3.63, 3.8) is 0 Å². The second-order valence-electron chi connectivity index (χ2n) is 9.12. The van der Waals surface area contributed by atoms with Gasteiger partial charge in [-0.1, -0.05) is 43.0 Å². The summed E-state index contributed by atoms with van der Waals surface area (Å²) in [6.45, 7) is 11.3. The minimum atomic E-state index is -0.516. The fourth-order valence-corrected chi connectivity index (χ4v) is 5.18. The number of amides is 3. The molecular weight excluding hydrogens is 492 g/mol. The molecule has 2 saturated heterocycles. The van der Waals surface area contributed by atoms with E-state index in [0.717, 1.165) is 5.56 Å². The number of hydrogen-bond acceptors (Lipinski definition) is 5. The first-order valence-corrected chi connectivity index (χ1v) is 12.8. The number of rotatable bonds is 8. The lowest BCUT2D eigenvalue weighted by atomic mass is 9.93. The molecule has 9 heteroatoms. The quantitative estimate of drug-likeness (QED) is 0.368. The van der Waals surface area contributed by atoms with E-state index in [4.69, 9.17) is 21.6 Å². The van der Waals surface area contributed by atoms with Crippen LogP contribution < -0.4 is 0 Å². The van der Waals surface area contributed by atoms with Crippen LogP contribution in [0, 0.1) is 17.2 Å². The van der Waals surface area contributed by atoms with Crippen LogP contribution in [-0.4, -0.2) is 71.4 Å². The summed E-state index contributed by atoms with van der Waals surface area (Å²) in [5.74, 6) is -0.206. The minimum absolute atomic E-state index is 0.0246. The molecule has 8 nitrogen and oxygen atoms in total. The van der Waals surface area contributed by atoms with E-state index < -0.39 is 6.09 Å². The zero-order chi connectivity index (χ0) is 26.9. The Hall–Kier alpha value is -3.57. The molecule has 37 heavy (non-hydrogen) atoms. The van der Waals surface area contributed by atoms with E-state index >= 15 is 0 Å². The zero-order valence-electron chi connectivity index (χ0n) is 21.1. The summed E-state index contributed by atoms with van der Waals surface area (Å²) in [5, 5.41) is 9.40. The highest BCUT2D eigenvalue weighted by Crippen LogP contribution is 2.34. The van der Waals surface area contributed by atoms with Gasteiger partial charge in [0, 0.05) is 49.6 Å². The van der Waals surface area contributed by atoms with Crippen LogP contribution in [0.5, 0.6) is 0 Å². The molecule has 3 rings (SSSR count). The monoisotopic (exact) mass is 524 g/mol. The largest absolute Gasteiger partial charge is 0.415 e. The number of benzene rings is 1. The van der Waals surface area contributed by atoms with E-state index in [1.165, 1.54) is 12.2 Å². The van der Waals surface area contributed by atoms with Gasteiger partial charge in [0.15, 0.2) is 0 Å². The van der Waals surface area contributed by atoms with Crippen LogP contribution in [0.4, 0.5) is 4.79 Å². The number of piperidine rings is 1. The molecule has 0 aromatic heterocycles. The molecule has 2 atom stereocenters. The predicted molar refractivity (Wildman–Crippen MR) is 141 cm³/mol. The Morgan fingerprint density at radius 3 is 2.41 bits per heavy atom. The maximum absolute atomic E-state index is 13.6. The van der Waals surface area contributed by atoms with E-state index in [1.807, 2.05) is 42.2 Å². The van der Waals surface area contributed by atoms with Crippen molar-refractivity contribution < 1.29 is 19.1 Å². The molecule has 0 N–H and O–H groups in total. The topological polar surface area (TPSA) is 93.9 Å². The van der Waals surface area contributed by atoms with Crippen molar-refractivity contribution in [2.45, 2.75) is 38.1 Å². The maximum Gasteiger partial charge on any atom is 0.415 e. The summed E-state index contributed by atoms with van der Waals surface area (Å²) in [4.78, 5) is 43.9. The van der Waals surface area contributed by atoms with Crippen LogP contribution in [0.1, 0.15) is 37.7 Å². The highest BCUT2D eigenvalue weighted by molar-refractivity contribution is 6.30. The lowest BCUT2D eigenvalue weighted by molar-refractivity contribution is -0.139. The molecule has 196 valence electrons. The van der Waals surface area contributed by atoms with Crippen LogP contribution in [0.2, 0.25) is 5.02 Å². The first kappa shape index (κ1) is 28.0. The number of nitrogens with zero attached hydrogens (tertiary/aromatic N) is 4. The molecule has 2 aliphatic heterocycles. The Morgan fingerprint density at radius 1 is 1.16 bits per heavy atom. The van der Waals surface area contributed by atoms with E-state index in [9.17, 15) is 14.4 Å². The van der Waals surface area contributed by atoms with Gasteiger partial charge in [-0.15, -0.1) is 0 Å². The van der Waals surface area contributed by atoms with Crippen LogP contribution >= 0.6 is 11.6 Å². The molecule has 0 saturated carbocycles. The number of carbonyl (C=O) groups excluding carboxylic acids is 3. The molecule has 2 heterocycles. The third-order valence-corrected chi connectivity index (χ3v) is 7.24. The smallest absolute Gasteiger partial charge is 0.410 e. The SMILES string of the molecule is C=C/C=C(\C=C)OC(=O)N(CC)[C@@H]1CN(C(=O)C2CCN(C(=O)CC#N)CC2)C[C@H]1c1ccc(Cl)cc1. The second kappa shape index (κ2) is 13.1. The summed E-state index contributed by atoms with van der Waals surface area (Å²) >= 11 is 6.11. The van der Waals surface area contributed by atoms with Gasteiger partial charge in [0.1, 0.15) is 12.2 Å². The Bertz CT molecular complexity index is 1090. The molecule has 0 aliphatic carbocycles. The van der Waals surface area contributed by atoms with E-state index in [2.05, 4.69) is 13.2 Å². The van der Waals surface area contributed by atoms with E-state index in [0.29, 0.717) is 56.3 Å². The third-order valence-electron chi connectivity index (χ3n) is 6.99. The van der Waals surface area contributed by atoms with Crippen LogP contribution in [0.15, 0.2) is 61.4 Å². The van der Waals surface area contributed by atoms with Gasteiger partial charge in [-0.25, -0.2) is 4.79 Å². The molecule has 0 bridgehead atoms. The summed E-state index contributed by atoms with van der Waals surface area (Å²) in [6.07, 6.45) is 4.97. The normalized spacial score (nSPS) is 20.2. The third kappa shape index (κ3) is 6.80. The van der Waals surface area contributed by atoms with Crippen molar-refractivity contribution in [3.8, 4) is 6.07 Å². The number of halogens is 1. The van der Waals surface area contributed by atoms with Gasteiger partial charge >= 0.3 is 6.09 Å². The molecule has 0 unspecified atom stereocenters. The molecule has 1 aromatic carbocycles. The van der Waals surface area contributed by atoms with Gasteiger partial charge in [0.05, 0.1) is 12.1 Å². The second-order valence-corrected chi connectivity index (χ2v) is 9.56. The maximum atomic E-state index is 13.6. The van der Waals surface area contributed by atoms with Crippen molar-refractivity contribution in [1.29, 1.82) is 5.26 Å². The number of likely N-dealkylation sites (N-methyl/N-ethyl adjacent to an activating group) is 1. The van der Waals surface area contributed by atoms with Gasteiger partial charge in [-0.2, -0.15) is 5.26 Å². The first-order chi connectivity index (χ1) is 17.8. The van der Waals surface area contributed by atoms with Crippen molar-refractivity contribution >= 4 is 29.5 Å². The summed E-state index contributed by atoms with van der Waals surface area (Å²) < 4.78 is 5.55. The Labute approximate surface area is 223 Å². The standard InChI is InChI=1S/C28H33ClN4O4/c1-4-7-23(5-2)37-28(36)33(6-3)25-19-32(18-24(25)20-8-10-22(29)11-9-20)27(35)21-13-16-31(17-14-21)26(34)12-15-30/h4-5,7-11,21,24-25H,1-2,6,12-14,16-19H2,3H3/b23-7+/t24-,25+/m0/s1. The van der Waals surface area contributed by atoms with Gasteiger partial charge in [0.25, 0.3) is 0 Å². The number of likely N-dealkylation sites (tertiary alicyclic amines) is 2. The summed E-state index contributed by atoms with van der Waals surface area (Å²) in [6, 6.07) is 9.07. The Morgan fingerprint density at radius 2 is 1.84 bits per heavy atom. The van der Waals surface area contributed by atoms with Gasteiger partial charge in [-0.3, -0.25) is 9.59 Å². The molecule has 0 spiro atoms. The van der Waals surface area contributed by atoms with Gasteiger partial charge < -0.3 is 19.4 Å². The number of carbonyl (C=O) groups is 3. The number of ether oxygens (including phenoxy) is 1. The number of nitriles is 1. The highest BCUT2D eigenvalue weighted by atomic mass is 35.5. The molecule has 3 amide bonds. The lowest BCUT2D eigenvalue weighted by Crippen LogP contribution is -2.46. The lowest BCUT2D eigenvalue weighted by Gasteiger charge is -2.33. The summed E-state index contributed by atoms with van der Waals surface area (Å²) in [7, 11) is 0. The van der Waals surface area contributed by atoms with Crippen molar-refractivity contribution in [3.05, 3.63) is 72.0 Å². The van der Waals surface area contributed by atoms with Crippen LogP contribution in [-0.2, 0) is 14.3 Å². The molecule has 2 aliphatic rings. The molecule has 1 aromatic rings. The fraction of sp³-hybridized carbons (Fsp3) is 0.429. The first-order valence-electron chi connectivity index (χ1n) is 12.4. The van der Waals surface area contributed by atoms with Gasteiger partial charge in [0.2, 0.25) is 11.8 Å². The molecule has 2 fully saturated rings. The Balaban J connectivity index is 1.79. The van der Waals surface area contributed by atoms with E-state index in [-0.39, 0.29) is 36.1 Å². The zero-order valence-corrected chi connectivity index (χ0v) is 21.9. The number of allylic oxidation sites excluding steroid dienone is 3. The fourth-order valence-electron chi connectivity index (χ4n) is 5.05. The average Bonchev–Trinajstić information content (AvgIpc) is 3.34. The summed E-state index contributed by atoms with van der Waals surface area (Å²) in [5.41, 5.74) is 0.985. The van der Waals surface area contributed by atoms with Crippen molar-refractivity contribution in [2.24, 2.45) is 5.92 Å². The predicted octanol–water partition coefficient (Wildman–Crippen LogP) is 4.50. The van der Waals surface area contributed by atoms with Crippen LogP contribution in [0.3, 0.4) is 0 Å². The molecular formula is C28H33ClN4O4. The van der Waals surface area contributed by atoms with Crippen LogP contribution in [0.25, 0.3) is 0 Å². The van der Waals surface area contributed by atoms with Crippen molar-refractivity contribution in [1.82, 2.24) is 14.7 Å². The minimum Gasteiger partial charge on any atom is -0.410 e. The van der Waals surface area contributed by atoms with Crippen molar-refractivity contribution in [2.75, 3.05) is 32.7 Å². The van der Waals surface area contributed by atoms with Gasteiger partial charge in [-0.05, 0) is 49.6 Å². The average molecular weight is 525 g/mol. The highest BCUT2D eigenvalue weighted by Gasteiger charge is 2.43. The Kier molecular flexibility index (Phi) is 9.93. The van der Waals surface area contributed by atoms with E-state index in [1.54, 1.807) is 15.9 Å². The number of hydrogen-bond donors (Lipinski definition) is 0. The molecule has 0 radical (unpaired) electrons.